The number of rotatable bonds is 13. The summed E-state index contributed by atoms with van der Waals surface area (Å²) in [6, 6.07) is 0. The average Bonchev–Trinajstić information content (AvgIpc) is 3.32. The van der Waals surface area contributed by atoms with Crippen molar-refractivity contribution in [2.45, 2.75) is 137 Å². The van der Waals surface area contributed by atoms with E-state index in [9.17, 15) is 19.2 Å². The van der Waals surface area contributed by atoms with Crippen molar-refractivity contribution in [1.29, 1.82) is 0 Å². The SMILES string of the molecule is COC(=O)CCC(=O)OC1C=C2CC(OC(=O)CCC(=O)O)CCC2(C)C2CCC3(C)C(CCC3[C@H](C)CCCC(C)C)C12. The molecule has 0 aromatic rings. The molecule has 0 aromatic heterocycles. The Bertz CT molecular complexity index is 1100. The second-order valence-electron chi connectivity index (χ2n) is 15.2. The normalized spacial score (nSPS) is 35.0. The highest BCUT2D eigenvalue weighted by molar-refractivity contribution is 5.78. The van der Waals surface area contributed by atoms with Crippen LogP contribution >= 0.6 is 0 Å². The number of esters is 3. The van der Waals surface area contributed by atoms with Crippen LogP contribution in [-0.2, 0) is 33.4 Å². The molecule has 9 atom stereocenters. The molecule has 1 N–H and O–H groups in total. The first-order chi connectivity index (χ1) is 20.8. The molecule has 0 spiro atoms. The van der Waals surface area contributed by atoms with Gasteiger partial charge in [0.25, 0.3) is 0 Å². The number of carboxylic acids is 1. The lowest BCUT2D eigenvalue weighted by Gasteiger charge is -2.59. The Morgan fingerprint density at radius 1 is 0.864 bits per heavy atom. The smallest absolute Gasteiger partial charge is 0.306 e. The molecular weight excluding hydrogens is 560 g/mol. The summed E-state index contributed by atoms with van der Waals surface area (Å²) >= 11 is 0. The standard InChI is InChI=1S/C36H56O8/c1-22(2)8-7-9-23(3)26-10-11-27-34-28(17-19-36(26,27)5)35(4)18-16-25(43-32(40)13-12-30(37)38)20-24(35)21-29(34)44-33(41)15-14-31(39)42-6/h21-23,25-29,34H,7-20H2,1-6H3,(H,37,38)/t23-,25?,26?,27?,28?,29?,34?,35?,36?/m1/s1. The minimum atomic E-state index is -1.01. The lowest BCUT2D eigenvalue weighted by molar-refractivity contribution is -0.164. The molecule has 3 saturated carbocycles. The number of ether oxygens (including phenoxy) is 3. The lowest BCUT2D eigenvalue weighted by Crippen LogP contribution is -2.55. The van der Waals surface area contributed by atoms with Gasteiger partial charge in [-0.2, -0.15) is 0 Å². The molecule has 8 unspecified atom stereocenters. The fourth-order valence-corrected chi connectivity index (χ4v) is 9.80. The minimum Gasteiger partial charge on any atom is -0.481 e. The van der Waals surface area contributed by atoms with Gasteiger partial charge in [-0.25, -0.2) is 0 Å². The summed E-state index contributed by atoms with van der Waals surface area (Å²) < 4.78 is 16.8. The molecule has 8 nitrogen and oxygen atoms in total. The number of hydrogen-bond donors (Lipinski definition) is 1. The van der Waals surface area contributed by atoms with Crippen molar-refractivity contribution < 1.29 is 38.5 Å². The highest BCUT2D eigenvalue weighted by Gasteiger charge is 2.62. The van der Waals surface area contributed by atoms with Crippen molar-refractivity contribution in [3.05, 3.63) is 11.6 Å². The molecule has 0 amide bonds. The number of hydrogen-bond acceptors (Lipinski definition) is 7. The van der Waals surface area contributed by atoms with Crippen molar-refractivity contribution >= 4 is 23.9 Å². The summed E-state index contributed by atoms with van der Waals surface area (Å²) in [7, 11) is 1.32. The highest BCUT2D eigenvalue weighted by Crippen LogP contribution is 2.67. The first-order valence-electron chi connectivity index (χ1n) is 17.2. The fourth-order valence-electron chi connectivity index (χ4n) is 9.80. The summed E-state index contributed by atoms with van der Waals surface area (Å²) in [5.74, 6) is 0.789. The van der Waals surface area contributed by atoms with E-state index in [1.807, 2.05) is 0 Å². The maximum absolute atomic E-state index is 13.1. The molecule has 8 heteroatoms. The van der Waals surface area contributed by atoms with Gasteiger partial charge in [-0.05, 0) is 85.0 Å². The lowest BCUT2D eigenvalue weighted by atomic mass is 9.46. The first-order valence-corrected chi connectivity index (χ1v) is 17.2. The van der Waals surface area contributed by atoms with E-state index in [4.69, 9.17) is 19.3 Å². The zero-order valence-electron chi connectivity index (χ0n) is 27.9. The molecule has 4 aliphatic rings. The molecule has 0 aliphatic heterocycles. The largest absolute Gasteiger partial charge is 0.481 e. The molecule has 0 saturated heterocycles. The van der Waals surface area contributed by atoms with Gasteiger partial charge in [0.05, 0.1) is 32.8 Å². The Morgan fingerprint density at radius 3 is 2.23 bits per heavy atom. The third-order valence-electron chi connectivity index (χ3n) is 12.1. The molecule has 248 valence electrons. The van der Waals surface area contributed by atoms with Gasteiger partial charge in [0.1, 0.15) is 12.2 Å². The highest BCUT2D eigenvalue weighted by atomic mass is 16.5. The van der Waals surface area contributed by atoms with E-state index >= 15 is 0 Å². The van der Waals surface area contributed by atoms with Crippen molar-refractivity contribution in [3.8, 4) is 0 Å². The summed E-state index contributed by atoms with van der Waals surface area (Å²) in [5.41, 5.74) is 1.33. The number of fused-ring (bicyclic) bond motifs is 5. The Hall–Kier alpha value is -2.38. The van der Waals surface area contributed by atoms with Gasteiger partial charge in [-0.15, -0.1) is 0 Å². The van der Waals surface area contributed by atoms with Crippen LogP contribution in [0.1, 0.15) is 125 Å². The molecule has 0 bridgehead atoms. The monoisotopic (exact) mass is 616 g/mol. The second-order valence-corrected chi connectivity index (χ2v) is 15.2. The third kappa shape index (κ3) is 7.52. The summed E-state index contributed by atoms with van der Waals surface area (Å²) in [6.07, 6.45) is 11.7. The number of carbonyl (C=O) groups is 4. The van der Waals surface area contributed by atoms with E-state index < -0.39 is 17.9 Å². The summed E-state index contributed by atoms with van der Waals surface area (Å²) in [6.45, 7) is 11.9. The van der Waals surface area contributed by atoms with Crippen LogP contribution in [0.15, 0.2) is 11.6 Å². The minimum absolute atomic E-state index is 0.00405. The number of carbonyl (C=O) groups excluding carboxylic acids is 3. The van der Waals surface area contributed by atoms with Crippen molar-refractivity contribution in [2.24, 2.45) is 46.3 Å². The molecular formula is C36H56O8. The van der Waals surface area contributed by atoms with Gasteiger partial charge in [0.2, 0.25) is 0 Å². The van der Waals surface area contributed by atoms with E-state index in [-0.39, 0.29) is 60.6 Å². The van der Waals surface area contributed by atoms with Crippen LogP contribution < -0.4 is 0 Å². The van der Waals surface area contributed by atoms with Crippen molar-refractivity contribution in [2.75, 3.05) is 7.11 Å². The van der Waals surface area contributed by atoms with E-state index in [1.54, 1.807) is 0 Å². The predicted molar refractivity (Wildman–Crippen MR) is 166 cm³/mol. The summed E-state index contributed by atoms with van der Waals surface area (Å²) in [4.78, 5) is 48.2. The molecule has 0 heterocycles. The van der Waals surface area contributed by atoms with Crippen LogP contribution in [0, 0.1) is 46.3 Å². The predicted octanol–water partition coefficient (Wildman–Crippen LogP) is 7.28. The van der Waals surface area contributed by atoms with Gasteiger partial charge < -0.3 is 19.3 Å². The Labute approximate surface area is 264 Å². The number of methoxy groups -OCH3 is 1. The van der Waals surface area contributed by atoms with Crippen LogP contribution in [-0.4, -0.2) is 48.3 Å². The van der Waals surface area contributed by atoms with E-state index in [2.05, 4.69) is 40.7 Å². The molecule has 3 fully saturated rings. The topological polar surface area (TPSA) is 116 Å². The average molecular weight is 617 g/mol. The quantitative estimate of drug-likeness (QED) is 0.130. The molecule has 44 heavy (non-hydrogen) atoms. The van der Waals surface area contributed by atoms with Crippen molar-refractivity contribution in [1.82, 2.24) is 0 Å². The zero-order chi connectivity index (χ0) is 32.2. The van der Waals surface area contributed by atoms with Crippen LogP contribution in [0.4, 0.5) is 0 Å². The molecule has 4 aliphatic carbocycles. The Kier molecular flexibility index (Phi) is 11.3. The maximum Gasteiger partial charge on any atom is 0.306 e. The maximum atomic E-state index is 13.1. The van der Waals surface area contributed by atoms with Gasteiger partial charge in [0, 0.05) is 12.3 Å². The fraction of sp³-hybridized carbons (Fsp3) is 0.833. The number of carboxylic acid groups (broad SMARTS) is 1. The van der Waals surface area contributed by atoms with Crippen LogP contribution in [0.2, 0.25) is 0 Å². The van der Waals surface area contributed by atoms with Gasteiger partial charge >= 0.3 is 23.9 Å². The van der Waals surface area contributed by atoms with E-state index in [1.165, 1.54) is 44.8 Å². The summed E-state index contributed by atoms with van der Waals surface area (Å²) in [5, 5.41) is 8.95. The Balaban J connectivity index is 1.57. The van der Waals surface area contributed by atoms with Crippen LogP contribution in [0.3, 0.4) is 0 Å². The van der Waals surface area contributed by atoms with Crippen LogP contribution in [0.5, 0.6) is 0 Å². The van der Waals surface area contributed by atoms with E-state index in [0.717, 1.165) is 31.6 Å². The van der Waals surface area contributed by atoms with Gasteiger partial charge in [-0.1, -0.05) is 59.5 Å². The first kappa shape index (κ1) is 34.5. The van der Waals surface area contributed by atoms with E-state index in [0.29, 0.717) is 30.1 Å². The third-order valence-corrected chi connectivity index (χ3v) is 12.1. The van der Waals surface area contributed by atoms with Crippen LogP contribution in [0.25, 0.3) is 0 Å². The molecule has 0 radical (unpaired) electrons. The Morgan fingerprint density at radius 2 is 1.55 bits per heavy atom. The molecule has 0 aromatic carbocycles. The van der Waals surface area contributed by atoms with Crippen molar-refractivity contribution in [3.63, 3.8) is 0 Å². The second kappa shape index (κ2) is 14.4. The zero-order valence-corrected chi connectivity index (χ0v) is 27.9. The molecule has 4 rings (SSSR count). The van der Waals surface area contributed by atoms with Gasteiger partial charge in [-0.3, -0.25) is 19.2 Å². The number of aliphatic carboxylic acids is 1. The van der Waals surface area contributed by atoms with Gasteiger partial charge in [0.15, 0.2) is 0 Å².